The molecule has 2 heterocycles. The number of likely N-dealkylation sites (tertiary alicyclic amines) is 2. The van der Waals surface area contributed by atoms with E-state index in [1.807, 2.05) is 9.80 Å². The Bertz CT molecular complexity index is 949. The van der Waals surface area contributed by atoms with Crippen molar-refractivity contribution in [3.05, 3.63) is 0 Å². The molecule has 4 rings (SSSR count). The lowest BCUT2D eigenvalue weighted by atomic mass is 9.73. The zero-order valence-electron chi connectivity index (χ0n) is 27.6. The molecule has 3 amide bonds. The highest BCUT2D eigenvalue weighted by Gasteiger charge is 2.44. The summed E-state index contributed by atoms with van der Waals surface area (Å²) in [5.41, 5.74) is 0. The first-order valence-corrected chi connectivity index (χ1v) is 16.8. The summed E-state index contributed by atoms with van der Waals surface area (Å²) < 4.78 is 0. The quantitative estimate of drug-likeness (QED) is 0.392. The maximum Gasteiger partial charge on any atom is 0.308 e. The fourth-order valence-electron chi connectivity index (χ4n) is 7.91. The predicted octanol–water partition coefficient (Wildman–Crippen LogP) is 5.45. The van der Waals surface area contributed by atoms with Gasteiger partial charge in [0.25, 0.3) is 0 Å². The number of carbonyl (C=O) groups is 4. The molecule has 0 bridgehead atoms. The Labute approximate surface area is 254 Å². The third-order valence-corrected chi connectivity index (χ3v) is 10.5. The standard InChI is InChI=1S/C19H34N2O2.C15H25NO3/c1-12(2)10-20-19(23)15-9-18(22)21(11-15)17-8-14(5)6-7-16(17)13(3)4;1-9(2)12-5-4-10(3)6-13(12)16-8-11(15(18)19)7-14(16)17/h12-17H,6-11H2,1-5H3,(H,20,23);9-13H,4-8H2,1-3H3,(H,18,19). The highest BCUT2D eigenvalue weighted by Crippen LogP contribution is 2.40. The average Bonchev–Trinajstić information content (AvgIpc) is 3.50. The van der Waals surface area contributed by atoms with Crippen LogP contribution >= 0.6 is 0 Å². The number of amides is 3. The first-order valence-electron chi connectivity index (χ1n) is 16.8. The van der Waals surface area contributed by atoms with Crippen molar-refractivity contribution in [2.24, 2.45) is 53.3 Å². The van der Waals surface area contributed by atoms with E-state index in [1.54, 1.807) is 0 Å². The van der Waals surface area contributed by atoms with Crippen LogP contribution in [0.1, 0.15) is 107 Å². The lowest BCUT2D eigenvalue weighted by Gasteiger charge is -2.42. The summed E-state index contributed by atoms with van der Waals surface area (Å²) in [6, 6.07) is 0.578. The first kappa shape index (κ1) is 34.4. The van der Waals surface area contributed by atoms with E-state index < -0.39 is 11.9 Å². The maximum atomic E-state index is 12.5. The van der Waals surface area contributed by atoms with E-state index >= 15 is 0 Å². The van der Waals surface area contributed by atoms with Gasteiger partial charge in [-0.05, 0) is 67.1 Å². The van der Waals surface area contributed by atoms with Crippen molar-refractivity contribution in [3.63, 3.8) is 0 Å². The Balaban J connectivity index is 0.000000235. The van der Waals surface area contributed by atoms with E-state index in [-0.39, 0.29) is 36.1 Å². The number of carboxylic acid groups (broad SMARTS) is 1. The molecular weight excluding hydrogens is 530 g/mol. The second kappa shape index (κ2) is 15.1. The number of carbonyl (C=O) groups excluding carboxylic acids is 3. The van der Waals surface area contributed by atoms with Gasteiger partial charge < -0.3 is 20.2 Å². The van der Waals surface area contributed by atoms with Crippen LogP contribution in [-0.4, -0.2) is 70.3 Å². The van der Waals surface area contributed by atoms with Gasteiger partial charge in [-0.25, -0.2) is 0 Å². The molecule has 0 aromatic rings. The van der Waals surface area contributed by atoms with E-state index in [2.05, 4.69) is 60.7 Å². The van der Waals surface area contributed by atoms with E-state index in [1.165, 1.54) is 19.3 Å². The molecule has 8 unspecified atom stereocenters. The van der Waals surface area contributed by atoms with Crippen LogP contribution < -0.4 is 5.32 Å². The molecule has 0 aromatic heterocycles. The summed E-state index contributed by atoms with van der Waals surface area (Å²) in [4.78, 5) is 52.0. The molecule has 0 aromatic carbocycles. The largest absolute Gasteiger partial charge is 0.481 e. The van der Waals surface area contributed by atoms with Gasteiger partial charge >= 0.3 is 5.97 Å². The lowest BCUT2D eigenvalue weighted by Crippen LogP contribution is -2.47. The van der Waals surface area contributed by atoms with Gasteiger partial charge in [-0.3, -0.25) is 19.2 Å². The van der Waals surface area contributed by atoms with Crippen LogP contribution in [0.25, 0.3) is 0 Å². The molecule has 2 saturated heterocycles. The summed E-state index contributed by atoms with van der Waals surface area (Å²) >= 11 is 0. The Kier molecular flexibility index (Phi) is 12.3. The van der Waals surface area contributed by atoms with E-state index in [0.717, 1.165) is 19.3 Å². The smallest absolute Gasteiger partial charge is 0.308 e. The normalized spacial score (nSPS) is 33.8. The average molecular weight is 590 g/mol. The Hall–Kier alpha value is -2.12. The molecule has 4 aliphatic rings. The van der Waals surface area contributed by atoms with Gasteiger partial charge in [-0.1, -0.05) is 68.2 Å². The highest BCUT2D eigenvalue weighted by atomic mass is 16.4. The van der Waals surface area contributed by atoms with E-state index in [4.69, 9.17) is 5.11 Å². The zero-order valence-corrected chi connectivity index (χ0v) is 27.6. The highest BCUT2D eigenvalue weighted by molar-refractivity contribution is 5.89. The van der Waals surface area contributed by atoms with E-state index in [9.17, 15) is 19.2 Å². The van der Waals surface area contributed by atoms with Crippen molar-refractivity contribution in [1.29, 1.82) is 0 Å². The van der Waals surface area contributed by atoms with Gasteiger partial charge in [0.1, 0.15) is 0 Å². The van der Waals surface area contributed by atoms with Crippen LogP contribution in [-0.2, 0) is 19.2 Å². The number of nitrogens with one attached hydrogen (secondary N) is 1. The van der Waals surface area contributed by atoms with Crippen molar-refractivity contribution in [3.8, 4) is 0 Å². The van der Waals surface area contributed by atoms with Crippen LogP contribution in [0.15, 0.2) is 0 Å². The van der Waals surface area contributed by atoms with Crippen molar-refractivity contribution in [1.82, 2.24) is 15.1 Å². The number of carboxylic acids is 1. The lowest BCUT2D eigenvalue weighted by molar-refractivity contribution is -0.141. The fourth-order valence-corrected chi connectivity index (χ4v) is 7.91. The Morgan fingerprint density at radius 1 is 0.762 bits per heavy atom. The first-order chi connectivity index (χ1) is 19.7. The molecular formula is C34H59N3O5. The molecule has 2 aliphatic heterocycles. The second-order valence-electron chi connectivity index (χ2n) is 15.2. The zero-order chi connectivity index (χ0) is 31.3. The summed E-state index contributed by atoms with van der Waals surface area (Å²) in [7, 11) is 0. The molecule has 2 N–H and O–H groups in total. The maximum absolute atomic E-state index is 12.5. The summed E-state index contributed by atoms with van der Waals surface area (Å²) in [5.74, 6) is 2.77. The SMILES string of the molecule is CC(C)CNC(=O)C1CC(=O)N(C2CC(C)CCC2C(C)C)C1.CC1CCC(C(C)C)C(N2CC(C(=O)O)CC2=O)C1. The monoisotopic (exact) mass is 589 g/mol. The molecule has 240 valence electrons. The van der Waals surface area contributed by atoms with Gasteiger partial charge in [0.05, 0.1) is 11.8 Å². The molecule has 8 atom stereocenters. The minimum absolute atomic E-state index is 0.0390. The summed E-state index contributed by atoms with van der Waals surface area (Å²) in [6.45, 7) is 19.4. The van der Waals surface area contributed by atoms with Crippen LogP contribution in [0.4, 0.5) is 0 Å². The Morgan fingerprint density at radius 3 is 1.57 bits per heavy atom. The molecule has 0 radical (unpaired) electrons. The minimum Gasteiger partial charge on any atom is -0.481 e. The summed E-state index contributed by atoms with van der Waals surface area (Å²) in [6.07, 6.45) is 7.55. The van der Waals surface area contributed by atoms with Crippen LogP contribution in [0.2, 0.25) is 0 Å². The summed E-state index contributed by atoms with van der Waals surface area (Å²) in [5, 5.41) is 12.1. The van der Waals surface area contributed by atoms with Crippen LogP contribution in [0.3, 0.4) is 0 Å². The van der Waals surface area contributed by atoms with Crippen molar-refractivity contribution in [2.45, 2.75) is 119 Å². The van der Waals surface area contributed by atoms with Gasteiger partial charge in [0, 0.05) is 44.6 Å². The van der Waals surface area contributed by atoms with Crippen LogP contribution in [0.5, 0.6) is 0 Å². The number of aliphatic carboxylic acids is 1. The number of hydrogen-bond donors (Lipinski definition) is 2. The van der Waals surface area contributed by atoms with Crippen LogP contribution in [0, 0.1) is 53.3 Å². The third kappa shape index (κ3) is 8.72. The van der Waals surface area contributed by atoms with Gasteiger partial charge in [-0.2, -0.15) is 0 Å². The Morgan fingerprint density at radius 2 is 1.19 bits per heavy atom. The molecule has 2 aliphatic carbocycles. The predicted molar refractivity (Wildman–Crippen MR) is 165 cm³/mol. The molecule has 8 nitrogen and oxygen atoms in total. The van der Waals surface area contributed by atoms with Crippen molar-refractivity contribution < 1.29 is 24.3 Å². The molecule has 42 heavy (non-hydrogen) atoms. The molecule has 2 saturated carbocycles. The minimum atomic E-state index is -0.833. The number of hydrogen-bond acceptors (Lipinski definition) is 4. The van der Waals surface area contributed by atoms with Gasteiger partial charge in [0.2, 0.25) is 17.7 Å². The molecule has 4 fully saturated rings. The van der Waals surface area contributed by atoms with Crippen molar-refractivity contribution >= 4 is 23.7 Å². The van der Waals surface area contributed by atoms with E-state index in [0.29, 0.717) is 73.5 Å². The number of nitrogens with zero attached hydrogens (tertiary/aromatic N) is 2. The molecule has 8 heteroatoms. The van der Waals surface area contributed by atoms with Gasteiger partial charge in [-0.15, -0.1) is 0 Å². The van der Waals surface area contributed by atoms with Gasteiger partial charge in [0.15, 0.2) is 0 Å². The number of rotatable bonds is 8. The third-order valence-electron chi connectivity index (χ3n) is 10.5. The second-order valence-corrected chi connectivity index (χ2v) is 15.2. The molecule has 0 spiro atoms. The topological polar surface area (TPSA) is 107 Å². The van der Waals surface area contributed by atoms with Crippen molar-refractivity contribution in [2.75, 3.05) is 19.6 Å². The fraction of sp³-hybridized carbons (Fsp3) is 0.882.